The van der Waals surface area contributed by atoms with E-state index in [4.69, 9.17) is 0 Å². The van der Waals surface area contributed by atoms with E-state index in [1.165, 1.54) is 18.2 Å². The lowest BCUT2D eigenvalue weighted by Crippen LogP contribution is -2.00. The molecule has 0 unspecified atom stereocenters. The summed E-state index contributed by atoms with van der Waals surface area (Å²) in [6.45, 7) is 2.12. The van der Waals surface area contributed by atoms with Gasteiger partial charge in [-0.25, -0.2) is 0 Å². The van der Waals surface area contributed by atoms with Crippen molar-refractivity contribution in [1.82, 2.24) is 0 Å². The molecular formula is C13H18O2. The fraction of sp³-hybridized carbons (Fsp3) is 0.462. The molecule has 82 valence electrons. The first kappa shape index (κ1) is 11.8. The standard InChI is InChI=1S/C13H18O2/c1-11-7-3-4-8-12(11)9-5-6-10-13(14)15-2/h3-4,7-8H,5-6,9-10H2,1-2H3. The zero-order valence-electron chi connectivity index (χ0n) is 9.45. The average Bonchev–Trinajstić information content (AvgIpc) is 2.26. The van der Waals surface area contributed by atoms with Crippen LogP contribution < -0.4 is 0 Å². The van der Waals surface area contributed by atoms with Crippen LogP contribution in [0.5, 0.6) is 0 Å². The van der Waals surface area contributed by atoms with Crippen LogP contribution in [0.2, 0.25) is 0 Å². The van der Waals surface area contributed by atoms with E-state index in [0.29, 0.717) is 6.42 Å². The number of carbonyl (C=O) groups is 1. The molecule has 1 aromatic carbocycles. The summed E-state index contributed by atoms with van der Waals surface area (Å²) in [5.74, 6) is -0.111. The van der Waals surface area contributed by atoms with Crippen LogP contribution in [0, 0.1) is 6.92 Å². The summed E-state index contributed by atoms with van der Waals surface area (Å²) in [4.78, 5) is 10.9. The Balaban J connectivity index is 2.26. The van der Waals surface area contributed by atoms with Crippen molar-refractivity contribution in [2.75, 3.05) is 7.11 Å². The number of rotatable bonds is 5. The van der Waals surface area contributed by atoms with Gasteiger partial charge in [-0.2, -0.15) is 0 Å². The van der Waals surface area contributed by atoms with Crippen LogP contribution in [0.1, 0.15) is 30.4 Å². The van der Waals surface area contributed by atoms with Crippen molar-refractivity contribution in [3.8, 4) is 0 Å². The summed E-state index contributed by atoms with van der Waals surface area (Å²) in [5, 5.41) is 0. The van der Waals surface area contributed by atoms with Crippen molar-refractivity contribution in [3.05, 3.63) is 35.4 Å². The molecule has 2 nitrogen and oxygen atoms in total. The minimum absolute atomic E-state index is 0.111. The lowest BCUT2D eigenvalue weighted by Gasteiger charge is -2.04. The van der Waals surface area contributed by atoms with E-state index >= 15 is 0 Å². The molecule has 0 atom stereocenters. The summed E-state index contributed by atoms with van der Waals surface area (Å²) in [7, 11) is 1.43. The molecule has 0 bridgehead atoms. The van der Waals surface area contributed by atoms with E-state index in [1.807, 2.05) is 6.07 Å². The van der Waals surface area contributed by atoms with Gasteiger partial charge < -0.3 is 4.74 Å². The number of esters is 1. The van der Waals surface area contributed by atoms with Gasteiger partial charge in [0.2, 0.25) is 0 Å². The van der Waals surface area contributed by atoms with E-state index < -0.39 is 0 Å². The molecule has 2 heteroatoms. The van der Waals surface area contributed by atoms with Crippen LogP contribution in [0.25, 0.3) is 0 Å². The Bertz CT molecular complexity index is 318. The van der Waals surface area contributed by atoms with Gasteiger partial charge in [0.1, 0.15) is 0 Å². The minimum Gasteiger partial charge on any atom is -0.469 e. The van der Waals surface area contributed by atoms with Crippen LogP contribution in [-0.2, 0) is 16.0 Å². The monoisotopic (exact) mass is 206 g/mol. The van der Waals surface area contributed by atoms with Crippen molar-refractivity contribution >= 4 is 5.97 Å². The predicted molar refractivity (Wildman–Crippen MR) is 60.8 cm³/mol. The molecule has 0 heterocycles. The molecule has 1 rings (SSSR count). The molecule has 0 saturated heterocycles. The van der Waals surface area contributed by atoms with Crippen molar-refractivity contribution in [2.24, 2.45) is 0 Å². The minimum atomic E-state index is -0.111. The first-order chi connectivity index (χ1) is 7.24. The smallest absolute Gasteiger partial charge is 0.305 e. The summed E-state index contributed by atoms with van der Waals surface area (Å²) < 4.78 is 4.59. The summed E-state index contributed by atoms with van der Waals surface area (Å²) in [6.07, 6.45) is 3.52. The third-order valence-corrected chi connectivity index (χ3v) is 2.57. The molecule has 0 spiro atoms. The van der Waals surface area contributed by atoms with Gasteiger partial charge in [0.25, 0.3) is 0 Å². The third-order valence-electron chi connectivity index (χ3n) is 2.57. The number of methoxy groups -OCH3 is 1. The molecule has 0 radical (unpaired) electrons. The third kappa shape index (κ3) is 4.15. The summed E-state index contributed by atoms with van der Waals surface area (Å²) in [6, 6.07) is 8.37. The number of unbranched alkanes of at least 4 members (excludes halogenated alkanes) is 1. The molecule has 0 aliphatic rings. The lowest BCUT2D eigenvalue weighted by molar-refractivity contribution is -0.140. The van der Waals surface area contributed by atoms with Crippen LogP contribution in [0.3, 0.4) is 0 Å². The number of hydrogen-bond donors (Lipinski definition) is 0. The Morgan fingerprint density at radius 1 is 1.27 bits per heavy atom. The zero-order valence-corrected chi connectivity index (χ0v) is 9.45. The highest BCUT2D eigenvalue weighted by Crippen LogP contribution is 2.11. The maximum atomic E-state index is 10.9. The fourth-order valence-electron chi connectivity index (χ4n) is 1.58. The fourth-order valence-corrected chi connectivity index (χ4v) is 1.58. The van der Waals surface area contributed by atoms with E-state index in [1.54, 1.807) is 0 Å². The van der Waals surface area contributed by atoms with Gasteiger partial charge in [0.15, 0.2) is 0 Å². The van der Waals surface area contributed by atoms with Gasteiger partial charge in [0.05, 0.1) is 7.11 Å². The SMILES string of the molecule is COC(=O)CCCCc1ccccc1C. The van der Waals surface area contributed by atoms with Crippen LogP contribution >= 0.6 is 0 Å². The molecule has 15 heavy (non-hydrogen) atoms. The van der Waals surface area contributed by atoms with Crippen molar-refractivity contribution < 1.29 is 9.53 Å². The summed E-state index contributed by atoms with van der Waals surface area (Å²) in [5.41, 5.74) is 2.71. The first-order valence-electron chi connectivity index (χ1n) is 5.35. The molecule has 0 amide bonds. The number of aryl methyl sites for hydroxylation is 2. The molecule has 0 saturated carbocycles. The van der Waals surface area contributed by atoms with E-state index in [2.05, 4.69) is 29.9 Å². The number of hydrogen-bond acceptors (Lipinski definition) is 2. The lowest BCUT2D eigenvalue weighted by atomic mass is 10.0. The van der Waals surface area contributed by atoms with Gasteiger partial charge in [-0.1, -0.05) is 24.3 Å². The summed E-state index contributed by atoms with van der Waals surface area (Å²) >= 11 is 0. The van der Waals surface area contributed by atoms with E-state index in [0.717, 1.165) is 19.3 Å². The second kappa shape index (κ2) is 6.23. The Kier molecular flexibility index (Phi) is 4.88. The number of ether oxygens (including phenoxy) is 1. The number of benzene rings is 1. The van der Waals surface area contributed by atoms with Gasteiger partial charge in [-0.3, -0.25) is 4.79 Å². The Morgan fingerprint density at radius 3 is 2.67 bits per heavy atom. The molecule has 0 N–H and O–H groups in total. The Hall–Kier alpha value is -1.31. The van der Waals surface area contributed by atoms with Crippen molar-refractivity contribution in [3.63, 3.8) is 0 Å². The van der Waals surface area contributed by atoms with Crippen LogP contribution in [0.15, 0.2) is 24.3 Å². The molecular weight excluding hydrogens is 188 g/mol. The van der Waals surface area contributed by atoms with Crippen molar-refractivity contribution in [2.45, 2.75) is 32.6 Å². The molecule has 0 aliphatic carbocycles. The first-order valence-corrected chi connectivity index (χ1v) is 5.35. The second-order valence-electron chi connectivity index (χ2n) is 3.71. The molecule has 0 aromatic heterocycles. The Labute approximate surface area is 91.3 Å². The average molecular weight is 206 g/mol. The predicted octanol–water partition coefficient (Wildman–Crippen LogP) is 2.88. The highest BCUT2D eigenvalue weighted by Gasteiger charge is 2.01. The van der Waals surface area contributed by atoms with E-state index in [-0.39, 0.29) is 5.97 Å². The number of carbonyl (C=O) groups excluding carboxylic acids is 1. The Morgan fingerprint density at radius 2 is 2.00 bits per heavy atom. The zero-order chi connectivity index (χ0) is 11.1. The van der Waals surface area contributed by atoms with Gasteiger partial charge >= 0.3 is 5.97 Å². The highest BCUT2D eigenvalue weighted by molar-refractivity contribution is 5.68. The van der Waals surface area contributed by atoms with Gasteiger partial charge in [0, 0.05) is 6.42 Å². The van der Waals surface area contributed by atoms with Crippen LogP contribution in [-0.4, -0.2) is 13.1 Å². The molecule has 1 aromatic rings. The van der Waals surface area contributed by atoms with Crippen LogP contribution in [0.4, 0.5) is 0 Å². The van der Waals surface area contributed by atoms with Gasteiger partial charge in [-0.15, -0.1) is 0 Å². The molecule has 0 fully saturated rings. The highest BCUT2D eigenvalue weighted by atomic mass is 16.5. The normalized spacial score (nSPS) is 10.0. The van der Waals surface area contributed by atoms with Crippen molar-refractivity contribution in [1.29, 1.82) is 0 Å². The maximum Gasteiger partial charge on any atom is 0.305 e. The largest absolute Gasteiger partial charge is 0.469 e. The van der Waals surface area contributed by atoms with Gasteiger partial charge in [-0.05, 0) is 37.3 Å². The maximum absolute atomic E-state index is 10.9. The topological polar surface area (TPSA) is 26.3 Å². The molecule has 0 aliphatic heterocycles. The quantitative estimate of drug-likeness (QED) is 0.547. The second-order valence-corrected chi connectivity index (χ2v) is 3.71. The van der Waals surface area contributed by atoms with E-state index in [9.17, 15) is 4.79 Å².